The quantitative estimate of drug-likeness (QED) is 0.575. The number of methoxy groups -OCH3 is 1. The highest BCUT2D eigenvalue weighted by atomic mass is 35.5. The minimum atomic E-state index is -0.689. The molecule has 1 unspecified atom stereocenters. The fourth-order valence-electron chi connectivity index (χ4n) is 4.13. The summed E-state index contributed by atoms with van der Waals surface area (Å²) in [6.07, 6.45) is 1.68. The van der Waals surface area contributed by atoms with Crippen LogP contribution in [0.1, 0.15) is 48.6 Å². The Bertz CT molecular complexity index is 1130. The van der Waals surface area contributed by atoms with Crippen LogP contribution in [-0.4, -0.2) is 43.5 Å². The molecule has 0 aromatic heterocycles. The van der Waals surface area contributed by atoms with Gasteiger partial charge in [-0.1, -0.05) is 24.6 Å². The van der Waals surface area contributed by atoms with E-state index in [1.165, 1.54) is 18.7 Å². The van der Waals surface area contributed by atoms with Gasteiger partial charge in [0.05, 0.1) is 42.6 Å². The van der Waals surface area contributed by atoms with Crippen LogP contribution in [0.25, 0.3) is 0 Å². The molecule has 0 spiro atoms. The summed E-state index contributed by atoms with van der Waals surface area (Å²) in [5.41, 5.74) is 3.44. The predicted octanol–water partition coefficient (Wildman–Crippen LogP) is 4.45. The van der Waals surface area contributed by atoms with E-state index in [1.807, 2.05) is 19.1 Å². The van der Waals surface area contributed by atoms with Gasteiger partial charge >= 0.3 is 0 Å². The first-order valence-electron chi connectivity index (χ1n) is 11.2. The third-order valence-corrected chi connectivity index (χ3v) is 6.29. The number of nitrogens with one attached hydrogen (secondary N) is 2. The van der Waals surface area contributed by atoms with Gasteiger partial charge < -0.3 is 20.3 Å². The third kappa shape index (κ3) is 5.66. The third-order valence-electron chi connectivity index (χ3n) is 5.98. The van der Waals surface area contributed by atoms with Crippen molar-refractivity contribution in [2.24, 2.45) is 0 Å². The van der Waals surface area contributed by atoms with Gasteiger partial charge in [-0.05, 0) is 54.7 Å². The molecule has 0 saturated heterocycles. The normalized spacial score (nSPS) is 14.8. The Morgan fingerprint density at radius 1 is 1.29 bits per heavy atom. The van der Waals surface area contributed by atoms with Crippen molar-refractivity contribution in [2.75, 3.05) is 37.4 Å². The van der Waals surface area contributed by atoms with Crippen LogP contribution in [-0.2, 0) is 27.2 Å². The lowest BCUT2D eigenvalue weighted by atomic mass is 9.91. The van der Waals surface area contributed by atoms with Gasteiger partial charge in [-0.25, -0.2) is 4.39 Å². The molecule has 1 heterocycles. The number of carbonyl (C=O) groups excluding carboxylic acids is 2. The van der Waals surface area contributed by atoms with Gasteiger partial charge in [0, 0.05) is 18.7 Å². The lowest BCUT2D eigenvalue weighted by Gasteiger charge is -2.36. The van der Waals surface area contributed by atoms with Crippen LogP contribution in [0.2, 0.25) is 5.02 Å². The molecule has 9 heteroatoms. The second kappa shape index (κ2) is 11.3. The number of ether oxygens (including phenoxy) is 1. The zero-order valence-corrected chi connectivity index (χ0v) is 20.3. The van der Waals surface area contributed by atoms with Crippen LogP contribution >= 0.6 is 11.6 Å². The first-order chi connectivity index (χ1) is 16.3. The molecular formula is C25H28ClFN4O3. The average molecular weight is 487 g/mol. The maximum atomic E-state index is 14.6. The van der Waals surface area contributed by atoms with Gasteiger partial charge in [0.25, 0.3) is 0 Å². The summed E-state index contributed by atoms with van der Waals surface area (Å²) in [6, 6.07) is 8.10. The number of carbonyl (C=O) groups is 2. The largest absolute Gasteiger partial charge is 0.384 e. The molecule has 34 heavy (non-hydrogen) atoms. The number of nitriles is 1. The van der Waals surface area contributed by atoms with Crippen LogP contribution in [0.5, 0.6) is 0 Å². The van der Waals surface area contributed by atoms with Crippen molar-refractivity contribution < 1.29 is 18.7 Å². The molecule has 0 bridgehead atoms. The Balaban J connectivity index is 1.72. The van der Waals surface area contributed by atoms with E-state index in [4.69, 9.17) is 16.3 Å². The van der Waals surface area contributed by atoms with Crippen molar-refractivity contribution in [1.29, 1.82) is 5.26 Å². The minimum absolute atomic E-state index is 0.0116. The van der Waals surface area contributed by atoms with Crippen molar-refractivity contribution >= 4 is 34.8 Å². The number of benzene rings is 2. The molecule has 180 valence electrons. The molecule has 0 fully saturated rings. The van der Waals surface area contributed by atoms with Crippen LogP contribution in [0, 0.1) is 17.1 Å². The van der Waals surface area contributed by atoms with E-state index >= 15 is 0 Å². The van der Waals surface area contributed by atoms with Gasteiger partial charge in [-0.3, -0.25) is 9.59 Å². The number of anilines is 2. The molecular weight excluding hydrogens is 459 g/mol. The molecule has 1 aliphatic rings. The number of hydrogen-bond acceptors (Lipinski definition) is 5. The number of hydrogen-bond donors (Lipinski definition) is 2. The second-order valence-electron chi connectivity index (χ2n) is 8.15. The SMILES string of the molecule is CCc1cc(Cl)c2c(c1)CCN(C(=O)CNc1cc(NC(=O)CCOC)c(C#N)cc1F)C2C. The number of amides is 2. The zero-order valence-electron chi connectivity index (χ0n) is 19.5. The maximum absolute atomic E-state index is 14.6. The molecule has 0 aliphatic carbocycles. The van der Waals surface area contributed by atoms with E-state index < -0.39 is 5.82 Å². The van der Waals surface area contributed by atoms with Gasteiger partial charge in [0.2, 0.25) is 11.8 Å². The van der Waals surface area contributed by atoms with E-state index in [2.05, 4.69) is 23.6 Å². The summed E-state index contributed by atoms with van der Waals surface area (Å²) in [5.74, 6) is -1.26. The van der Waals surface area contributed by atoms with E-state index in [0.717, 1.165) is 23.6 Å². The monoisotopic (exact) mass is 486 g/mol. The summed E-state index contributed by atoms with van der Waals surface area (Å²) in [4.78, 5) is 26.8. The van der Waals surface area contributed by atoms with Crippen LogP contribution in [0.4, 0.5) is 15.8 Å². The van der Waals surface area contributed by atoms with Crippen LogP contribution in [0.15, 0.2) is 24.3 Å². The minimum Gasteiger partial charge on any atom is -0.384 e. The van der Waals surface area contributed by atoms with Crippen molar-refractivity contribution in [3.63, 3.8) is 0 Å². The van der Waals surface area contributed by atoms with E-state index in [9.17, 15) is 19.2 Å². The van der Waals surface area contributed by atoms with Crippen molar-refractivity contribution in [3.05, 3.63) is 57.4 Å². The van der Waals surface area contributed by atoms with Gasteiger partial charge in [0.1, 0.15) is 11.9 Å². The van der Waals surface area contributed by atoms with Crippen molar-refractivity contribution in [2.45, 2.75) is 39.2 Å². The highest BCUT2D eigenvalue weighted by molar-refractivity contribution is 6.31. The molecule has 2 N–H and O–H groups in total. The van der Waals surface area contributed by atoms with E-state index in [0.29, 0.717) is 18.0 Å². The molecule has 2 aromatic rings. The number of fused-ring (bicyclic) bond motifs is 1. The Morgan fingerprint density at radius 2 is 2.06 bits per heavy atom. The Labute approximate surface area is 203 Å². The Morgan fingerprint density at radius 3 is 2.74 bits per heavy atom. The highest BCUT2D eigenvalue weighted by Crippen LogP contribution is 2.36. The molecule has 1 atom stereocenters. The molecule has 0 saturated carbocycles. The molecule has 2 amide bonds. The molecule has 0 radical (unpaired) electrons. The van der Waals surface area contributed by atoms with E-state index in [1.54, 1.807) is 4.90 Å². The number of halogens is 2. The molecule has 2 aromatic carbocycles. The van der Waals surface area contributed by atoms with Crippen LogP contribution in [0.3, 0.4) is 0 Å². The Kier molecular flexibility index (Phi) is 8.48. The summed E-state index contributed by atoms with van der Waals surface area (Å²) >= 11 is 6.53. The summed E-state index contributed by atoms with van der Waals surface area (Å²) < 4.78 is 19.4. The highest BCUT2D eigenvalue weighted by Gasteiger charge is 2.29. The number of aryl methyl sites for hydroxylation is 1. The van der Waals surface area contributed by atoms with Crippen molar-refractivity contribution in [1.82, 2.24) is 4.90 Å². The van der Waals surface area contributed by atoms with Gasteiger partial charge in [-0.2, -0.15) is 5.26 Å². The predicted molar refractivity (Wildman–Crippen MR) is 129 cm³/mol. The summed E-state index contributed by atoms with van der Waals surface area (Å²) in [7, 11) is 1.48. The standard InChI is InChI=1S/C25H28ClFN4O3/c1-4-16-9-17-5-7-31(15(2)25(17)19(26)10-16)24(33)14-29-22-12-21(18(13-28)11-20(22)27)30-23(32)6-8-34-3/h9-12,15,29H,4-8,14H2,1-3H3,(H,30,32). The first-order valence-corrected chi connectivity index (χ1v) is 11.5. The van der Waals surface area contributed by atoms with Gasteiger partial charge in [0.15, 0.2) is 0 Å². The fourth-order valence-corrected chi connectivity index (χ4v) is 4.55. The summed E-state index contributed by atoms with van der Waals surface area (Å²) in [5, 5.41) is 15.3. The fraction of sp³-hybridized carbons (Fsp3) is 0.400. The maximum Gasteiger partial charge on any atom is 0.242 e. The second-order valence-corrected chi connectivity index (χ2v) is 8.56. The van der Waals surface area contributed by atoms with E-state index in [-0.39, 0.29) is 54.4 Å². The molecule has 1 aliphatic heterocycles. The van der Waals surface area contributed by atoms with Crippen molar-refractivity contribution in [3.8, 4) is 6.07 Å². The topological polar surface area (TPSA) is 94.5 Å². The summed E-state index contributed by atoms with van der Waals surface area (Å²) in [6.45, 7) is 4.61. The Hall–Kier alpha value is -3.15. The van der Waals surface area contributed by atoms with Gasteiger partial charge in [-0.15, -0.1) is 0 Å². The first kappa shape index (κ1) is 25.5. The lowest BCUT2D eigenvalue weighted by molar-refractivity contribution is -0.131. The zero-order chi connectivity index (χ0) is 24.8. The lowest BCUT2D eigenvalue weighted by Crippen LogP contribution is -2.42. The molecule has 7 nitrogen and oxygen atoms in total. The molecule has 3 rings (SSSR count). The number of nitrogens with zero attached hydrogens (tertiary/aromatic N) is 2. The average Bonchev–Trinajstić information content (AvgIpc) is 2.82. The van der Waals surface area contributed by atoms with Crippen LogP contribution < -0.4 is 10.6 Å². The number of rotatable bonds is 8. The smallest absolute Gasteiger partial charge is 0.242 e.